The Balaban J connectivity index is 1.56. The van der Waals surface area contributed by atoms with Gasteiger partial charge >= 0.3 is 167 Å². The van der Waals surface area contributed by atoms with Crippen LogP contribution in [0.15, 0.2) is 34.0 Å². The first-order valence-electron chi connectivity index (χ1n) is 9.78. The van der Waals surface area contributed by atoms with Gasteiger partial charge in [0.2, 0.25) is 0 Å². The number of nitrogens with zero attached hydrogens (tertiary/aromatic N) is 3. The number of nitrogen functional groups attached to an aromatic ring is 1. The summed E-state index contributed by atoms with van der Waals surface area (Å²) in [5.41, 5.74) is 10.9. The molecule has 4 N–H and O–H groups in total. The number of imidazole rings is 1. The summed E-state index contributed by atoms with van der Waals surface area (Å²) in [5, 5.41) is 0. The van der Waals surface area contributed by atoms with Gasteiger partial charge in [-0.15, -0.1) is 0 Å². The molecule has 7 nitrogen and oxygen atoms in total. The van der Waals surface area contributed by atoms with E-state index in [4.69, 9.17) is 5.73 Å². The van der Waals surface area contributed by atoms with Crippen LogP contribution in [0.3, 0.4) is 0 Å². The number of piperazine rings is 1. The van der Waals surface area contributed by atoms with Crippen LogP contribution in [0.1, 0.15) is 13.8 Å². The van der Waals surface area contributed by atoms with E-state index in [1.807, 2.05) is 12.1 Å². The van der Waals surface area contributed by atoms with Crippen molar-refractivity contribution >= 4 is 46.7 Å². The van der Waals surface area contributed by atoms with Crippen molar-refractivity contribution in [2.75, 3.05) is 30.8 Å². The van der Waals surface area contributed by atoms with Gasteiger partial charge in [0.1, 0.15) is 0 Å². The normalized spacial score (nSPS) is 20.7. The fraction of sp³-hybridized carbons (Fsp3) is 0.333. The fourth-order valence-corrected chi connectivity index (χ4v) is 5.91. The van der Waals surface area contributed by atoms with Crippen molar-refractivity contribution in [3.63, 3.8) is 0 Å². The fourth-order valence-electron chi connectivity index (χ4n) is 4.20. The molecule has 2 atom stereocenters. The Morgan fingerprint density at radius 3 is 2.66 bits per heavy atom. The van der Waals surface area contributed by atoms with Crippen molar-refractivity contribution in [2.24, 2.45) is 0 Å². The SMILES string of the molecule is C[C@@H]1CN(c2ccc3nc(-c4c(N)c5[se]ccc5[nH]c4=O)[nH]c3c2)C[C@H](C)N1C. The van der Waals surface area contributed by atoms with E-state index in [1.165, 1.54) is 5.69 Å². The summed E-state index contributed by atoms with van der Waals surface area (Å²) in [6.07, 6.45) is 0. The summed E-state index contributed by atoms with van der Waals surface area (Å²) >= 11 is 0.145. The first-order valence-corrected chi connectivity index (χ1v) is 11.6. The number of pyridine rings is 1. The number of hydrogen-bond donors (Lipinski definition) is 3. The van der Waals surface area contributed by atoms with E-state index in [9.17, 15) is 4.79 Å². The molecular weight excluding hydrogens is 431 g/mol. The third kappa shape index (κ3) is 2.99. The maximum atomic E-state index is 12.7. The van der Waals surface area contributed by atoms with Gasteiger partial charge in [0, 0.05) is 0 Å². The van der Waals surface area contributed by atoms with Crippen LogP contribution >= 0.6 is 0 Å². The molecular formula is C21H24N6OSe. The van der Waals surface area contributed by atoms with Gasteiger partial charge < -0.3 is 0 Å². The second-order valence-corrected chi connectivity index (χ2v) is 9.88. The topological polar surface area (TPSA) is 94.0 Å². The molecule has 1 aliphatic rings. The molecule has 0 unspecified atom stereocenters. The van der Waals surface area contributed by atoms with Crippen LogP contribution in [-0.2, 0) is 0 Å². The molecule has 4 heterocycles. The van der Waals surface area contributed by atoms with Gasteiger partial charge in [-0.2, -0.15) is 0 Å². The van der Waals surface area contributed by atoms with Crippen LogP contribution in [0.4, 0.5) is 11.4 Å². The second kappa shape index (κ2) is 6.76. The predicted molar refractivity (Wildman–Crippen MR) is 120 cm³/mol. The summed E-state index contributed by atoms with van der Waals surface area (Å²) in [4.78, 5) is 30.5. The number of aromatic amines is 2. The maximum absolute atomic E-state index is 12.7. The zero-order valence-electron chi connectivity index (χ0n) is 16.7. The molecule has 0 spiro atoms. The molecule has 1 fully saturated rings. The number of aromatic nitrogens is 3. The van der Waals surface area contributed by atoms with Crippen molar-refractivity contribution in [1.29, 1.82) is 0 Å². The zero-order valence-corrected chi connectivity index (χ0v) is 18.4. The van der Waals surface area contributed by atoms with Gasteiger partial charge in [-0.3, -0.25) is 0 Å². The summed E-state index contributed by atoms with van der Waals surface area (Å²) in [6.45, 7) is 6.49. The van der Waals surface area contributed by atoms with Crippen molar-refractivity contribution in [1.82, 2.24) is 19.9 Å². The Kier molecular flexibility index (Phi) is 4.31. The van der Waals surface area contributed by atoms with E-state index >= 15 is 0 Å². The van der Waals surface area contributed by atoms with E-state index in [2.05, 4.69) is 62.7 Å². The molecule has 1 aliphatic heterocycles. The molecule has 0 aliphatic carbocycles. The molecule has 8 heteroatoms. The number of nitrogens with two attached hydrogens (primary N) is 1. The minimum atomic E-state index is -0.204. The van der Waals surface area contributed by atoms with Crippen LogP contribution in [0.25, 0.3) is 32.2 Å². The predicted octanol–water partition coefficient (Wildman–Crippen LogP) is 2.24. The van der Waals surface area contributed by atoms with Gasteiger partial charge in [-0.25, -0.2) is 0 Å². The number of benzene rings is 1. The monoisotopic (exact) mass is 456 g/mol. The number of nitrogens with one attached hydrogen (secondary N) is 2. The second-order valence-electron chi connectivity index (χ2n) is 7.96. The van der Waals surface area contributed by atoms with Crippen LogP contribution in [0.5, 0.6) is 0 Å². The van der Waals surface area contributed by atoms with Gasteiger partial charge in [0.05, 0.1) is 0 Å². The molecule has 0 amide bonds. The molecule has 0 radical (unpaired) electrons. The summed E-state index contributed by atoms with van der Waals surface area (Å²) < 4.78 is 1.02. The Morgan fingerprint density at radius 2 is 1.90 bits per heavy atom. The summed E-state index contributed by atoms with van der Waals surface area (Å²) in [5.74, 6) is 0.529. The first-order chi connectivity index (χ1) is 13.9. The Bertz CT molecular complexity index is 1260. The van der Waals surface area contributed by atoms with Crippen molar-refractivity contribution in [3.05, 3.63) is 39.6 Å². The van der Waals surface area contributed by atoms with E-state index in [0.717, 1.165) is 33.9 Å². The van der Waals surface area contributed by atoms with E-state index in [0.29, 0.717) is 29.2 Å². The first kappa shape index (κ1) is 18.5. The van der Waals surface area contributed by atoms with Gasteiger partial charge in [0.15, 0.2) is 0 Å². The van der Waals surface area contributed by atoms with Crippen molar-refractivity contribution in [3.8, 4) is 11.4 Å². The van der Waals surface area contributed by atoms with Crippen LogP contribution in [0, 0.1) is 0 Å². The third-order valence-electron chi connectivity index (χ3n) is 6.08. The van der Waals surface area contributed by atoms with Gasteiger partial charge in [-0.1, -0.05) is 0 Å². The minimum absolute atomic E-state index is 0.145. The Hall–Kier alpha value is -2.54. The molecule has 3 aromatic heterocycles. The van der Waals surface area contributed by atoms with Crippen LogP contribution in [0.2, 0.25) is 0 Å². The van der Waals surface area contributed by atoms with Gasteiger partial charge in [-0.05, 0) is 7.05 Å². The summed E-state index contributed by atoms with van der Waals surface area (Å²) in [6, 6.07) is 9.17. The van der Waals surface area contributed by atoms with E-state index in [1.54, 1.807) is 0 Å². The summed E-state index contributed by atoms with van der Waals surface area (Å²) in [7, 11) is 2.19. The number of hydrogen-bond acceptors (Lipinski definition) is 5. The standard InChI is InChI=1S/C21H24N6OSe/c1-11-9-27(10-12(2)26(11)3)13-4-5-14-16(8-13)24-20(23-14)17-18(22)19-15(6-7-29-19)25-21(17)28/h4-8,11-12H,9-10H2,1-3H3,(H,23,24)(H3,22,25,28)/t11-,12+. The number of H-pyrrole nitrogens is 2. The van der Waals surface area contributed by atoms with Crippen LogP contribution < -0.4 is 16.2 Å². The molecule has 5 rings (SSSR count). The molecule has 1 aromatic carbocycles. The quantitative estimate of drug-likeness (QED) is 0.403. The minimum Gasteiger partial charge on any atom is -0.0127 e. The smallest absolute Gasteiger partial charge is 0.0127 e. The molecule has 0 bridgehead atoms. The Morgan fingerprint density at radius 1 is 1.14 bits per heavy atom. The molecule has 4 aromatic rings. The molecule has 1 saturated heterocycles. The number of likely N-dealkylation sites (N-methyl/N-ethyl adjacent to an activating group) is 1. The molecule has 0 saturated carbocycles. The van der Waals surface area contributed by atoms with Crippen molar-refractivity contribution in [2.45, 2.75) is 25.9 Å². The van der Waals surface area contributed by atoms with E-state index in [-0.39, 0.29) is 20.1 Å². The Labute approximate surface area is 174 Å². The molecule has 29 heavy (non-hydrogen) atoms. The van der Waals surface area contributed by atoms with Gasteiger partial charge in [0.25, 0.3) is 0 Å². The molecule has 150 valence electrons. The van der Waals surface area contributed by atoms with Crippen LogP contribution in [-0.4, -0.2) is 66.6 Å². The third-order valence-corrected chi connectivity index (χ3v) is 8.07. The number of fused-ring (bicyclic) bond motifs is 2. The van der Waals surface area contributed by atoms with E-state index < -0.39 is 0 Å². The number of anilines is 2. The van der Waals surface area contributed by atoms with Crippen molar-refractivity contribution < 1.29 is 0 Å². The average Bonchev–Trinajstić information content (AvgIpc) is 3.31. The zero-order chi connectivity index (χ0) is 20.3. The average molecular weight is 455 g/mol. The number of rotatable bonds is 2.